The minimum atomic E-state index is -0.261. The Labute approximate surface area is 122 Å². The number of hydrogen-bond donors (Lipinski definition) is 2. The molecule has 2 N–H and O–H groups in total. The predicted octanol–water partition coefficient (Wildman–Crippen LogP) is 1.84. The van der Waals surface area contributed by atoms with E-state index >= 15 is 0 Å². The molecule has 1 amide bonds. The summed E-state index contributed by atoms with van der Waals surface area (Å²) in [6, 6.07) is 3.70. The van der Waals surface area contributed by atoms with Gasteiger partial charge < -0.3 is 0 Å². The molecule has 6 nitrogen and oxygen atoms in total. The predicted molar refractivity (Wildman–Crippen MR) is 79.1 cm³/mol. The summed E-state index contributed by atoms with van der Waals surface area (Å²) in [4.78, 5) is 16.2. The fraction of sp³-hybridized carbons (Fsp3) is 0.333. The Kier molecular flexibility index (Phi) is 3.77. The van der Waals surface area contributed by atoms with Gasteiger partial charge in [-0.25, -0.2) is 5.43 Å². The number of H-pyrrole nitrogens is 1. The summed E-state index contributed by atoms with van der Waals surface area (Å²) < 4.78 is 0. The lowest BCUT2D eigenvalue weighted by atomic mass is 9.96. The highest BCUT2D eigenvalue weighted by Gasteiger charge is 2.21. The van der Waals surface area contributed by atoms with Gasteiger partial charge in [0, 0.05) is 29.2 Å². The molecule has 108 valence electrons. The standard InChI is InChI=1S/C15H17N5O/c1-10(11-6-8-16-9-7-11)17-20-15(21)14-12-4-2-3-5-13(12)18-19-14/h6-9H,2-5H2,1H3,(H,18,19)(H,20,21)/b17-10-. The summed E-state index contributed by atoms with van der Waals surface area (Å²) in [5.41, 5.74) is 6.83. The molecule has 0 bridgehead atoms. The molecule has 1 aliphatic rings. The molecule has 0 radical (unpaired) electrons. The molecule has 2 aromatic heterocycles. The van der Waals surface area contributed by atoms with Crippen molar-refractivity contribution in [2.24, 2.45) is 5.10 Å². The van der Waals surface area contributed by atoms with Gasteiger partial charge in [0.05, 0.1) is 5.71 Å². The van der Waals surface area contributed by atoms with Gasteiger partial charge in [-0.15, -0.1) is 0 Å². The molecule has 0 fully saturated rings. The van der Waals surface area contributed by atoms with Crippen LogP contribution in [0.3, 0.4) is 0 Å². The number of hydrazone groups is 1. The lowest BCUT2D eigenvalue weighted by Crippen LogP contribution is -2.21. The van der Waals surface area contributed by atoms with Crippen LogP contribution >= 0.6 is 0 Å². The van der Waals surface area contributed by atoms with E-state index in [2.05, 4.69) is 25.7 Å². The highest BCUT2D eigenvalue weighted by molar-refractivity contribution is 6.00. The van der Waals surface area contributed by atoms with E-state index in [9.17, 15) is 4.79 Å². The van der Waals surface area contributed by atoms with Crippen LogP contribution in [0.4, 0.5) is 0 Å². The number of pyridine rings is 1. The molecule has 2 heterocycles. The van der Waals surface area contributed by atoms with Gasteiger partial charge in [-0.3, -0.25) is 14.9 Å². The normalized spacial score (nSPS) is 14.6. The van der Waals surface area contributed by atoms with E-state index in [-0.39, 0.29) is 5.91 Å². The van der Waals surface area contributed by atoms with Crippen molar-refractivity contribution in [1.29, 1.82) is 0 Å². The Bertz CT molecular complexity index is 675. The van der Waals surface area contributed by atoms with Gasteiger partial charge in [-0.2, -0.15) is 10.2 Å². The Morgan fingerprint density at radius 1 is 1.29 bits per heavy atom. The minimum absolute atomic E-state index is 0.261. The van der Waals surface area contributed by atoms with Crippen molar-refractivity contribution >= 4 is 11.6 Å². The molecule has 21 heavy (non-hydrogen) atoms. The van der Waals surface area contributed by atoms with Crippen molar-refractivity contribution in [3.05, 3.63) is 47.0 Å². The molecule has 0 saturated heterocycles. The molecule has 2 aromatic rings. The molecule has 1 aliphatic carbocycles. The molecular weight excluding hydrogens is 266 g/mol. The number of rotatable bonds is 3. The van der Waals surface area contributed by atoms with E-state index in [1.165, 1.54) is 0 Å². The van der Waals surface area contributed by atoms with Crippen LogP contribution in [0.25, 0.3) is 0 Å². The lowest BCUT2D eigenvalue weighted by Gasteiger charge is -2.10. The Morgan fingerprint density at radius 2 is 2.05 bits per heavy atom. The zero-order chi connectivity index (χ0) is 14.7. The largest absolute Gasteiger partial charge is 0.292 e. The third kappa shape index (κ3) is 2.84. The van der Waals surface area contributed by atoms with Crippen LogP contribution in [0.15, 0.2) is 29.6 Å². The maximum atomic E-state index is 12.2. The summed E-state index contributed by atoms with van der Waals surface area (Å²) in [6.07, 6.45) is 7.51. The zero-order valence-electron chi connectivity index (χ0n) is 11.9. The van der Waals surface area contributed by atoms with Crippen LogP contribution in [-0.2, 0) is 12.8 Å². The number of fused-ring (bicyclic) bond motifs is 1. The van der Waals surface area contributed by atoms with Gasteiger partial charge in [-0.1, -0.05) is 0 Å². The van der Waals surface area contributed by atoms with Crippen LogP contribution in [0.2, 0.25) is 0 Å². The van der Waals surface area contributed by atoms with Crippen LogP contribution < -0.4 is 5.43 Å². The monoisotopic (exact) mass is 283 g/mol. The van der Waals surface area contributed by atoms with Gasteiger partial charge in [0.1, 0.15) is 0 Å². The Hall–Kier alpha value is -2.50. The molecule has 0 atom stereocenters. The van der Waals surface area contributed by atoms with Crippen LogP contribution in [-0.4, -0.2) is 26.8 Å². The maximum Gasteiger partial charge on any atom is 0.292 e. The average Bonchev–Trinajstić information content (AvgIpc) is 2.97. The molecule has 0 spiro atoms. The lowest BCUT2D eigenvalue weighted by molar-refractivity contribution is 0.0949. The van der Waals surface area contributed by atoms with E-state index < -0.39 is 0 Å². The highest BCUT2D eigenvalue weighted by Crippen LogP contribution is 2.21. The molecule has 0 unspecified atom stereocenters. The number of nitrogens with zero attached hydrogens (tertiary/aromatic N) is 3. The first-order valence-electron chi connectivity index (χ1n) is 7.07. The summed E-state index contributed by atoms with van der Waals surface area (Å²) in [5.74, 6) is -0.261. The topological polar surface area (TPSA) is 83.0 Å². The molecular formula is C15H17N5O. The van der Waals surface area contributed by atoms with Gasteiger partial charge >= 0.3 is 0 Å². The van der Waals surface area contributed by atoms with Crippen molar-refractivity contribution in [3.8, 4) is 0 Å². The maximum absolute atomic E-state index is 12.2. The quantitative estimate of drug-likeness (QED) is 0.666. The molecule has 0 aromatic carbocycles. The van der Waals surface area contributed by atoms with Crippen molar-refractivity contribution in [3.63, 3.8) is 0 Å². The summed E-state index contributed by atoms with van der Waals surface area (Å²) in [5, 5.41) is 11.2. The number of carbonyl (C=O) groups excluding carboxylic acids is 1. The van der Waals surface area contributed by atoms with E-state index in [1.54, 1.807) is 12.4 Å². The van der Waals surface area contributed by atoms with Crippen molar-refractivity contribution in [2.75, 3.05) is 0 Å². The summed E-state index contributed by atoms with van der Waals surface area (Å²) in [6.45, 7) is 1.84. The van der Waals surface area contributed by atoms with Gasteiger partial charge in [0.25, 0.3) is 5.91 Å². The SMILES string of the molecule is C/C(=N/NC(=O)c1n[nH]c2c1CCCC2)c1ccncc1. The van der Waals surface area contributed by atoms with Crippen molar-refractivity contribution in [2.45, 2.75) is 32.6 Å². The third-order valence-electron chi connectivity index (χ3n) is 3.69. The molecule has 3 rings (SSSR count). The second kappa shape index (κ2) is 5.87. The fourth-order valence-electron chi connectivity index (χ4n) is 2.51. The molecule has 0 aliphatic heterocycles. The second-order valence-electron chi connectivity index (χ2n) is 5.11. The molecule has 6 heteroatoms. The van der Waals surface area contributed by atoms with E-state index in [1.807, 2.05) is 19.1 Å². The first kappa shape index (κ1) is 13.5. The first-order valence-corrected chi connectivity index (χ1v) is 7.07. The smallest absolute Gasteiger partial charge is 0.281 e. The molecule has 0 saturated carbocycles. The number of aromatic nitrogens is 3. The average molecular weight is 283 g/mol. The fourth-order valence-corrected chi connectivity index (χ4v) is 2.51. The van der Waals surface area contributed by atoms with Crippen molar-refractivity contribution < 1.29 is 4.79 Å². The van der Waals surface area contributed by atoms with Gasteiger partial charge in [-0.05, 0) is 44.7 Å². The number of aromatic amines is 1. The number of nitrogens with one attached hydrogen (secondary N) is 2. The summed E-state index contributed by atoms with van der Waals surface area (Å²) >= 11 is 0. The highest BCUT2D eigenvalue weighted by atomic mass is 16.2. The van der Waals surface area contributed by atoms with Crippen LogP contribution in [0.1, 0.15) is 47.1 Å². The Balaban J connectivity index is 1.74. The van der Waals surface area contributed by atoms with Crippen LogP contribution in [0.5, 0.6) is 0 Å². The summed E-state index contributed by atoms with van der Waals surface area (Å²) in [7, 11) is 0. The number of amides is 1. The second-order valence-corrected chi connectivity index (χ2v) is 5.11. The number of carbonyl (C=O) groups is 1. The van der Waals surface area contributed by atoms with E-state index in [4.69, 9.17) is 0 Å². The number of aryl methyl sites for hydroxylation is 1. The number of hydrogen-bond acceptors (Lipinski definition) is 4. The third-order valence-corrected chi connectivity index (χ3v) is 3.69. The minimum Gasteiger partial charge on any atom is -0.281 e. The van der Waals surface area contributed by atoms with E-state index in [0.717, 1.165) is 48.2 Å². The first-order chi connectivity index (χ1) is 10.3. The van der Waals surface area contributed by atoms with Gasteiger partial charge in [0.2, 0.25) is 0 Å². The van der Waals surface area contributed by atoms with Gasteiger partial charge in [0.15, 0.2) is 5.69 Å². The van der Waals surface area contributed by atoms with Crippen LogP contribution in [0, 0.1) is 0 Å². The Morgan fingerprint density at radius 3 is 2.86 bits per heavy atom. The van der Waals surface area contributed by atoms with E-state index in [0.29, 0.717) is 5.69 Å². The van der Waals surface area contributed by atoms with Crippen molar-refractivity contribution in [1.82, 2.24) is 20.6 Å². The zero-order valence-corrected chi connectivity index (χ0v) is 11.9.